The topological polar surface area (TPSA) is 3.24 Å². The highest BCUT2D eigenvalue weighted by Gasteiger charge is 2.48. The van der Waals surface area contributed by atoms with Gasteiger partial charge in [-0.2, -0.15) is 23.2 Å². The zero-order valence-electron chi connectivity index (χ0n) is 19.7. The monoisotopic (exact) mass is 478 g/mol. The van der Waals surface area contributed by atoms with E-state index in [-0.39, 0.29) is 12.0 Å². The summed E-state index contributed by atoms with van der Waals surface area (Å²) >= 11 is 3.89. The minimum atomic E-state index is 0.180. The molecule has 5 aromatic carbocycles. The van der Waals surface area contributed by atoms with Gasteiger partial charge in [0.05, 0.1) is 1.37 Å². The Bertz CT molecular complexity index is 1680. The van der Waals surface area contributed by atoms with Crippen molar-refractivity contribution >= 4 is 74.1 Å². The summed E-state index contributed by atoms with van der Waals surface area (Å²) in [7, 11) is 0. The fourth-order valence-corrected chi connectivity index (χ4v) is 9.14. The van der Waals surface area contributed by atoms with Gasteiger partial charge in [-0.3, -0.25) is 0 Å². The highest BCUT2D eigenvalue weighted by atomic mass is 32.2. The Morgan fingerprint density at radius 1 is 0.543 bits per heavy atom. The molecule has 0 N–H and O–H groups in total. The highest BCUT2D eigenvalue weighted by Crippen LogP contribution is 2.51. The average molecular weight is 478 g/mol. The van der Waals surface area contributed by atoms with Crippen LogP contribution in [0.25, 0.3) is 22.3 Å². The van der Waals surface area contributed by atoms with Crippen molar-refractivity contribution < 1.29 is 1.37 Å². The van der Waals surface area contributed by atoms with Crippen molar-refractivity contribution in [3.8, 4) is 22.3 Å². The van der Waals surface area contributed by atoms with E-state index in [0.717, 1.165) is 11.1 Å². The molecule has 0 radical (unpaired) electrons. The second-order valence-electron chi connectivity index (χ2n) is 9.49. The van der Waals surface area contributed by atoms with E-state index in [0.29, 0.717) is 6.04 Å². The van der Waals surface area contributed by atoms with Crippen LogP contribution in [-0.4, -0.2) is 12.0 Å². The molecule has 9 rings (SSSR count). The normalized spacial score (nSPS) is 15.4. The van der Waals surface area contributed by atoms with Crippen LogP contribution in [0.4, 0.5) is 17.1 Å². The number of nitrogens with zero attached hydrogens (tertiary/aromatic N) is 1. The van der Waals surface area contributed by atoms with Crippen LogP contribution in [0.15, 0.2) is 113 Å². The van der Waals surface area contributed by atoms with Gasteiger partial charge in [0.1, 0.15) is 0 Å². The molecule has 0 fully saturated rings. The van der Waals surface area contributed by atoms with Crippen molar-refractivity contribution in [1.82, 2.24) is 0 Å². The van der Waals surface area contributed by atoms with Gasteiger partial charge in [0.2, 0.25) is 0 Å². The van der Waals surface area contributed by atoms with Gasteiger partial charge in [-0.1, -0.05) is 72.8 Å². The molecule has 0 saturated carbocycles. The molecule has 0 atom stereocenters. The average Bonchev–Trinajstić information content (AvgIpc) is 2.94. The minimum absolute atomic E-state index is 0.180. The summed E-state index contributed by atoms with van der Waals surface area (Å²) in [5.41, 5.74) is 13.8. The van der Waals surface area contributed by atoms with Gasteiger partial charge in [0.25, 0.3) is 12.0 Å². The molecule has 0 amide bonds. The Morgan fingerprint density at radius 3 is 1.54 bits per heavy atom. The van der Waals surface area contributed by atoms with Gasteiger partial charge in [0, 0.05) is 26.9 Å². The molecule has 35 heavy (non-hydrogen) atoms. The lowest BCUT2D eigenvalue weighted by Gasteiger charge is -2.47. The van der Waals surface area contributed by atoms with Gasteiger partial charge >= 0.3 is 0 Å². The molecule has 0 aromatic heterocycles. The summed E-state index contributed by atoms with van der Waals surface area (Å²) in [6.07, 6.45) is 0. The van der Waals surface area contributed by atoms with Crippen molar-refractivity contribution in [2.45, 2.75) is 9.79 Å². The lowest BCUT2D eigenvalue weighted by molar-refractivity contribution is 1.30. The van der Waals surface area contributed by atoms with Crippen LogP contribution in [0, 0.1) is 0 Å². The van der Waals surface area contributed by atoms with E-state index < -0.39 is 0 Å². The van der Waals surface area contributed by atoms with Crippen LogP contribution in [0.1, 0.15) is 1.37 Å². The van der Waals surface area contributed by atoms with Crippen LogP contribution in [-0.2, 0) is 0 Å². The zero-order chi connectivity index (χ0) is 23.5. The molecule has 1 nitrogen and oxygen atoms in total. The third-order valence-corrected chi connectivity index (χ3v) is 10.4. The van der Waals surface area contributed by atoms with Crippen LogP contribution >= 0.6 is 23.2 Å². The molecule has 4 aliphatic rings. The molecule has 5 heteroatoms. The molecule has 0 bridgehead atoms. The smallest absolute Gasteiger partial charge is 0.285 e. The van der Waals surface area contributed by atoms with E-state index in [1.807, 2.05) is 23.2 Å². The molecule has 0 spiro atoms. The zero-order valence-corrected chi connectivity index (χ0v) is 20.3. The molecule has 160 valence electrons. The van der Waals surface area contributed by atoms with Crippen molar-refractivity contribution in [2.24, 2.45) is 0 Å². The molecular formula is C30H17B2NS2. The number of benzene rings is 5. The molecular weight excluding hydrogens is 460 g/mol. The molecule has 4 heterocycles. The van der Waals surface area contributed by atoms with Gasteiger partial charge < -0.3 is 4.90 Å². The van der Waals surface area contributed by atoms with E-state index in [4.69, 9.17) is 0 Å². The largest absolute Gasteiger partial charge is 0.312 e. The SMILES string of the molecule is [2H]c1c2c3c4c5c1-c1ccccc1SB5c1ccccc1N4c1ccccc1B3Sc1ccccc1-2. The van der Waals surface area contributed by atoms with Crippen molar-refractivity contribution in [3.05, 3.63) is 103 Å². The lowest BCUT2D eigenvalue weighted by Crippen LogP contribution is -2.59. The molecule has 0 saturated heterocycles. The maximum atomic E-state index is 9.76. The van der Waals surface area contributed by atoms with Gasteiger partial charge in [-0.15, -0.1) is 0 Å². The maximum Gasteiger partial charge on any atom is 0.285 e. The lowest BCUT2D eigenvalue weighted by atomic mass is 9.48. The first kappa shape index (κ1) is 18.1. The molecule has 0 aliphatic carbocycles. The van der Waals surface area contributed by atoms with E-state index in [2.05, 4.69) is 102 Å². The Labute approximate surface area is 214 Å². The molecule has 0 unspecified atom stereocenters. The molecule has 4 aliphatic heterocycles. The van der Waals surface area contributed by atoms with Crippen LogP contribution in [0.3, 0.4) is 0 Å². The Balaban J connectivity index is 1.53. The van der Waals surface area contributed by atoms with Gasteiger partial charge in [-0.25, -0.2) is 0 Å². The van der Waals surface area contributed by atoms with Crippen LogP contribution in [0.5, 0.6) is 0 Å². The van der Waals surface area contributed by atoms with Crippen LogP contribution in [0.2, 0.25) is 0 Å². The summed E-state index contributed by atoms with van der Waals surface area (Å²) < 4.78 is 9.76. The predicted molar refractivity (Wildman–Crippen MR) is 154 cm³/mol. The van der Waals surface area contributed by atoms with Gasteiger partial charge in [-0.05, 0) is 74.4 Å². The van der Waals surface area contributed by atoms with Crippen LogP contribution < -0.4 is 26.8 Å². The number of hydrogen-bond donors (Lipinski definition) is 0. The highest BCUT2D eigenvalue weighted by molar-refractivity contribution is 8.29. The number of hydrogen-bond acceptors (Lipinski definition) is 3. The first-order valence-electron chi connectivity index (χ1n) is 12.5. The third-order valence-electron chi connectivity index (χ3n) is 7.77. The predicted octanol–water partition coefficient (Wildman–Crippen LogP) is 5.54. The fraction of sp³-hybridized carbons (Fsp3) is 0. The molecule has 5 aromatic rings. The summed E-state index contributed by atoms with van der Waals surface area (Å²) in [5.74, 6) is 0.361. The minimum Gasteiger partial charge on any atom is -0.312 e. The number of para-hydroxylation sites is 2. The fourth-order valence-electron chi connectivity index (χ4n) is 6.38. The van der Waals surface area contributed by atoms with Gasteiger partial charge in [0.15, 0.2) is 0 Å². The third kappa shape index (κ3) is 2.31. The first-order valence-corrected chi connectivity index (χ1v) is 13.8. The van der Waals surface area contributed by atoms with Crippen molar-refractivity contribution in [3.63, 3.8) is 0 Å². The quantitative estimate of drug-likeness (QED) is 0.269. The van der Waals surface area contributed by atoms with E-state index >= 15 is 0 Å². The van der Waals surface area contributed by atoms with Crippen molar-refractivity contribution in [2.75, 3.05) is 4.90 Å². The standard InChI is InChI=1S/C30H17B2NS2/c1-7-15-26-18(9-1)20-17-21-19-10-2-8-16-27(19)35-32-23-12-4-6-14-25(23)33-24-13-5-3-11-22(24)31(34-26)28(20)30(33)29(21)32/h1-17H/i17D. The van der Waals surface area contributed by atoms with E-state index in [1.54, 1.807) is 0 Å². The van der Waals surface area contributed by atoms with E-state index in [1.165, 1.54) is 59.8 Å². The summed E-state index contributed by atoms with van der Waals surface area (Å²) in [4.78, 5) is 5.05. The maximum absolute atomic E-state index is 9.76. The second kappa shape index (κ2) is 6.69. The second-order valence-corrected chi connectivity index (χ2v) is 11.8. The summed E-state index contributed by atoms with van der Waals surface area (Å²) in [6.45, 7) is 0. The van der Waals surface area contributed by atoms with Crippen molar-refractivity contribution in [1.29, 1.82) is 0 Å². The van der Waals surface area contributed by atoms with E-state index in [9.17, 15) is 1.37 Å². The number of anilines is 3. The summed E-state index contributed by atoms with van der Waals surface area (Å²) in [6, 6.07) is 35.8. The summed E-state index contributed by atoms with van der Waals surface area (Å²) in [5, 5.41) is 0. The Morgan fingerprint density at radius 2 is 1.00 bits per heavy atom. The number of rotatable bonds is 0. The Hall–Kier alpha value is -3.27. The Kier molecular flexibility index (Phi) is 3.45. The number of fused-ring (bicyclic) bond motifs is 10. The first-order chi connectivity index (χ1) is 17.8.